The molecule has 1 fully saturated rings. The number of rotatable bonds is 1. The minimum atomic E-state index is -0.0972. The summed E-state index contributed by atoms with van der Waals surface area (Å²) in [6.45, 7) is 5.01. The second-order valence-electron chi connectivity index (χ2n) is 2.66. The zero-order chi connectivity index (χ0) is 9.56. The Bertz CT molecular complexity index is 136. The number of likely N-dealkylation sites (N-methyl/N-ethyl adjacent to an activating group) is 1. The molecule has 0 radical (unpaired) electrons. The molecule has 0 aromatic heterocycles. The van der Waals surface area contributed by atoms with Gasteiger partial charge >= 0.3 is 5.97 Å². The van der Waals surface area contributed by atoms with Crippen molar-refractivity contribution in [2.75, 3.05) is 20.7 Å². The Labute approximate surface area is 74.7 Å². The van der Waals surface area contributed by atoms with Gasteiger partial charge in [-0.25, -0.2) is 0 Å². The molecule has 1 aliphatic rings. The van der Waals surface area contributed by atoms with Crippen LogP contribution >= 0.6 is 0 Å². The second kappa shape index (κ2) is 6.00. The molecular formula is C9H19NO2. The third-order valence-corrected chi connectivity index (χ3v) is 1.99. The van der Waals surface area contributed by atoms with Gasteiger partial charge in [0, 0.05) is 0 Å². The highest BCUT2D eigenvalue weighted by atomic mass is 16.5. The van der Waals surface area contributed by atoms with Crippen LogP contribution < -0.4 is 0 Å². The Morgan fingerprint density at radius 3 is 2.42 bits per heavy atom. The van der Waals surface area contributed by atoms with E-state index in [1.165, 1.54) is 7.11 Å². The highest BCUT2D eigenvalue weighted by Crippen LogP contribution is 2.15. The molecule has 1 aliphatic heterocycles. The van der Waals surface area contributed by atoms with E-state index in [1.807, 2.05) is 25.8 Å². The fourth-order valence-electron chi connectivity index (χ4n) is 1.34. The van der Waals surface area contributed by atoms with Crippen LogP contribution in [0, 0.1) is 0 Å². The molecule has 0 N–H and O–H groups in total. The first-order valence-corrected chi connectivity index (χ1v) is 4.54. The number of ether oxygens (including phenoxy) is 1. The van der Waals surface area contributed by atoms with Crippen LogP contribution in [0.2, 0.25) is 0 Å². The number of methoxy groups -OCH3 is 1. The Balaban J connectivity index is 0.000000561. The van der Waals surface area contributed by atoms with Crippen molar-refractivity contribution in [2.24, 2.45) is 0 Å². The fraction of sp³-hybridized carbons (Fsp3) is 0.889. The molecule has 1 atom stereocenters. The predicted molar refractivity (Wildman–Crippen MR) is 49.0 cm³/mol. The molecule has 0 saturated carbocycles. The molecular weight excluding hydrogens is 154 g/mol. The molecule has 1 rings (SSSR count). The van der Waals surface area contributed by atoms with Crippen LogP contribution in [0.4, 0.5) is 0 Å². The fourth-order valence-corrected chi connectivity index (χ4v) is 1.34. The highest BCUT2D eigenvalue weighted by Gasteiger charge is 2.27. The van der Waals surface area contributed by atoms with Crippen LogP contribution in [0.25, 0.3) is 0 Å². The van der Waals surface area contributed by atoms with Crippen molar-refractivity contribution in [1.29, 1.82) is 0 Å². The van der Waals surface area contributed by atoms with E-state index in [-0.39, 0.29) is 12.0 Å². The summed E-state index contributed by atoms with van der Waals surface area (Å²) in [5.41, 5.74) is 0. The van der Waals surface area contributed by atoms with Gasteiger partial charge in [-0.05, 0) is 26.4 Å². The third kappa shape index (κ3) is 2.81. The number of carbonyl (C=O) groups is 1. The van der Waals surface area contributed by atoms with Gasteiger partial charge in [-0.1, -0.05) is 13.8 Å². The van der Waals surface area contributed by atoms with E-state index in [2.05, 4.69) is 4.74 Å². The lowest BCUT2D eigenvalue weighted by atomic mass is 10.2. The van der Waals surface area contributed by atoms with Gasteiger partial charge in [0.15, 0.2) is 0 Å². The molecule has 0 spiro atoms. The van der Waals surface area contributed by atoms with Crippen molar-refractivity contribution in [3.8, 4) is 0 Å². The Hall–Kier alpha value is -0.570. The molecule has 0 amide bonds. The van der Waals surface area contributed by atoms with E-state index in [0.29, 0.717) is 0 Å². The lowest BCUT2D eigenvalue weighted by Gasteiger charge is -2.15. The first-order chi connectivity index (χ1) is 5.75. The van der Waals surface area contributed by atoms with Gasteiger partial charge in [-0.3, -0.25) is 9.69 Å². The number of hydrogen-bond acceptors (Lipinski definition) is 3. The van der Waals surface area contributed by atoms with Gasteiger partial charge in [0.25, 0.3) is 0 Å². The minimum absolute atomic E-state index is 0.0185. The van der Waals surface area contributed by atoms with E-state index in [0.717, 1.165) is 19.4 Å². The van der Waals surface area contributed by atoms with E-state index in [1.54, 1.807) is 0 Å². The number of likely N-dealkylation sites (tertiary alicyclic amines) is 1. The first kappa shape index (κ1) is 11.4. The Morgan fingerprint density at radius 1 is 1.50 bits per heavy atom. The van der Waals surface area contributed by atoms with Crippen LogP contribution in [0.15, 0.2) is 0 Å². The van der Waals surface area contributed by atoms with E-state index in [9.17, 15) is 4.79 Å². The van der Waals surface area contributed by atoms with Gasteiger partial charge in [0.2, 0.25) is 0 Å². The van der Waals surface area contributed by atoms with Gasteiger partial charge in [0.05, 0.1) is 7.11 Å². The minimum Gasteiger partial charge on any atom is -0.468 e. The maximum absolute atomic E-state index is 11.0. The van der Waals surface area contributed by atoms with Crippen LogP contribution in [-0.2, 0) is 9.53 Å². The molecule has 0 bridgehead atoms. The summed E-state index contributed by atoms with van der Waals surface area (Å²) in [4.78, 5) is 13.0. The smallest absolute Gasteiger partial charge is 0.323 e. The summed E-state index contributed by atoms with van der Waals surface area (Å²) >= 11 is 0. The quantitative estimate of drug-likeness (QED) is 0.559. The number of carbonyl (C=O) groups excluding carboxylic acids is 1. The lowest BCUT2D eigenvalue weighted by Crippen LogP contribution is -2.33. The molecule has 1 unspecified atom stereocenters. The molecule has 1 saturated heterocycles. The molecule has 0 aliphatic carbocycles. The van der Waals surface area contributed by atoms with Crippen molar-refractivity contribution in [3.05, 3.63) is 0 Å². The normalized spacial score (nSPS) is 22.8. The van der Waals surface area contributed by atoms with Gasteiger partial charge in [0.1, 0.15) is 6.04 Å². The summed E-state index contributed by atoms with van der Waals surface area (Å²) in [5, 5.41) is 0. The molecule has 0 aromatic rings. The largest absolute Gasteiger partial charge is 0.468 e. The summed E-state index contributed by atoms with van der Waals surface area (Å²) in [6.07, 6.45) is 2.06. The van der Waals surface area contributed by atoms with Crippen molar-refractivity contribution in [3.63, 3.8) is 0 Å². The van der Waals surface area contributed by atoms with Crippen molar-refractivity contribution in [2.45, 2.75) is 32.7 Å². The number of hydrogen-bond donors (Lipinski definition) is 0. The summed E-state index contributed by atoms with van der Waals surface area (Å²) in [7, 11) is 3.39. The molecule has 12 heavy (non-hydrogen) atoms. The lowest BCUT2D eigenvalue weighted by molar-refractivity contribution is -0.145. The first-order valence-electron chi connectivity index (χ1n) is 4.54. The monoisotopic (exact) mass is 173 g/mol. The van der Waals surface area contributed by atoms with E-state index in [4.69, 9.17) is 0 Å². The van der Waals surface area contributed by atoms with E-state index < -0.39 is 0 Å². The molecule has 0 aromatic carbocycles. The van der Waals surface area contributed by atoms with Crippen LogP contribution in [-0.4, -0.2) is 37.6 Å². The van der Waals surface area contributed by atoms with Crippen LogP contribution in [0.1, 0.15) is 26.7 Å². The standard InChI is InChI=1S/C7H13NO2.C2H6/c1-8-5-3-4-6(8)7(9)10-2;1-2/h6H,3-5H2,1-2H3;1-2H3. The van der Waals surface area contributed by atoms with Gasteiger partial charge < -0.3 is 4.74 Å². The Morgan fingerprint density at radius 2 is 2.08 bits per heavy atom. The maximum atomic E-state index is 11.0. The molecule has 3 nitrogen and oxygen atoms in total. The van der Waals surface area contributed by atoms with E-state index >= 15 is 0 Å². The van der Waals surface area contributed by atoms with Crippen molar-refractivity contribution in [1.82, 2.24) is 4.90 Å². The van der Waals surface area contributed by atoms with Gasteiger partial charge in [-0.15, -0.1) is 0 Å². The molecule has 3 heteroatoms. The molecule has 72 valence electrons. The molecule has 1 heterocycles. The zero-order valence-corrected chi connectivity index (χ0v) is 8.46. The average molecular weight is 173 g/mol. The average Bonchev–Trinajstić information content (AvgIpc) is 2.54. The predicted octanol–water partition coefficient (Wildman–Crippen LogP) is 1.28. The maximum Gasteiger partial charge on any atom is 0.323 e. The SMILES string of the molecule is CC.COC(=O)C1CCCN1C. The summed E-state index contributed by atoms with van der Waals surface area (Å²) in [5.74, 6) is -0.0972. The second-order valence-corrected chi connectivity index (χ2v) is 2.66. The Kier molecular flexibility index (Phi) is 5.72. The van der Waals surface area contributed by atoms with Crippen LogP contribution in [0.3, 0.4) is 0 Å². The van der Waals surface area contributed by atoms with Crippen molar-refractivity contribution < 1.29 is 9.53 Å². The van der Waals surface area contributed by atoms with Crippen molar-refractivity contribution >= 4 is 5.97 Å². The van der Waals surface area contributed by atoms with Gasteiger partial charge in [-0.2, -0.15) is 0 Å². The number of nitrogens with zero attached hydrogens (tertiary/aromatic N) is 1. The van der Waals surface area contributed by atoms with Crippen LogP contribution in [0.5, 0.6) is 0 Å². The topological polar surface area (TPSA) is 29.5 Å². The summed E-state index contributed by atoms with van der Waals surface area (Å²) < 4.78 is 4.62. The number of esters is 1. The highest BCUT2D eigenvalue weighted by molar-refractivity contribution is 5.75. The summed E-state index contributed by atoms with van der Waals surface area (Å²) in [6, 6.07) is 0.0185. The third-order valence-electron chi connectivity index (χ3n) is 1.99. The zero-order valence-electron chi connectivity index (χ0n) is 8.46.